The summed E-state index contributed by atoms with van der Waals surface area (Å²) in [5.74, 6) is 4.64. The molecular formula is C16H18N2OS. The molecule has 0 radical (unpaired) electrons. The lowest BCUT2D eigenvalue weighted by molar-refractivity contribution is 0.415. The summed E-state index contributed by atoms with van der Waals surface area (Å²) in [6.07, 6.45) is 4.38. The minimum Gasteiger partial charge on any atom is -0.497 e. The number of fused-ring (bicyclic) bond motifs is 6. The Morgan fingerprint density at radius 3 is 2.70 bits per heavy atom. The molecule has 3 aliphatic rings. The Bertz CT molecular complexity index is 745. The van der Waals surface area contributed by atoms with Gasteiger partial charge in [0, 0.05) is 12.1 Å². The maximum atomic E-state index is 5.59. The van der Waals surface area contributed by atoms with Gasteiger partial charge in [-0.05, 0) is 67.3 Å². The van der Waals surface area contributed by atoms with Crippen LogP contribution in [0.2, 0.25) is 0 Å². The van der Waals surface area contributed by atoms with Gasteiger partial charge in [0.2, 0.25) is 0 Å². The average molecular weight is 286 g/mol. The van der Waals surface area contributed by atoms with E-state index in [1.54, 1.807) is 7.11 Å². The van der Waals surface area contributed by atoms with Gasteiger partial charge in [0.15, 0.2) is 4.77 Å². The van der Waals surface area contributed by atoms with Gasteiger partial charge in [0.1, 0.15) is 5.75 Å². The molecule has 20 heavy (non-hydrogen) atoms. The van der Waals surface area contributed by atoms with E-state index in [-0.39, 0.29) is 0 Å². The number of nitrogens with zero attached hydrogens (tertiary/aromatic N) is 1. The molecule has 1 aromatic carbocycles. The maximum Gasteiger partial charge on any atom is 0.178 e. The molecule has 3 fully saturated rings. The summed E-state index contributed by atoms with van der Waals surface area (Å²) in [5, 5.41) is 0. The number of hydrogen-bond acceptors (Lipinski definition) is 2. The number of methoxy groups -OCH3 is 1. The summed E-state index contributed by atoms with van der Waals surface area (Å²) < 4.78 is 8.58. The van der Waals surface area contributed by atoms with Crippen LogP contribution in [-0.2, 0) is 0 Å². The van der Waals surface area contributed by atoms with Crippen molar-refractivity contribution in [3.05, 3.63) is 23.0 Å². The molecule has 1 heterocycles. The Kier molecular flexibility index (Phi) is 2.09. The normalized spacial score (nSPS) is 37.4. The third-order valence-electron chi connectivity index (χ3n) is 5.92. The van der Waals surface area contributed by atoms with E-state index in [1.807, 2.05) is 6.07 Å². The number of rotatable bonds is 2. The third-order valence-corrected chi connectivity index (χ3v) is 6.22. The lowest BCUT2D eigenvalue weighted by Gasteiger charge is -2.11. The van der Waals surface area contributed by atoms with E-state index in [0.717, 1.165) is 39.7 Å². The molecule has 4 unspecified atom stereocenters. The largest absolute Gasteiger partial charge is 0.497 e. The standard InChI is InChI=1S/C16H18N2OS/c1-19-10-4-5-12-11(7-10)17-16(20)18(12)15-13-8-2-3-9(6-8)14(13)15/h4-5,7-9,13-15H,2-3,6H2,1H3,(H,17,20). The van der Waals surface area contributed by atoms with E-state index >= 15 is 0 Å². The molecule has 3 nitrogen and oxygen atoms in total. The highest BCUT2D eigenvalue weighted by atomic mass is 32.1. The molecule has 0 aliphatic heterocycles. The number of benzene rings is 1. The van der Waals surface area contributed by atoms with Gasteiger partial charge in [-0.15, -0.1) is 0 Å². The average Bonchev–Trinajstić information content (AvgIpc) is 2.79. The van der Waals surface area contributed by atoms with Crippen LogP contribution in [0.15, 0.2) is 18.2 Å². The topological polar surface area (TPSA) is 29.9 Å². The van der Waals surface area contributed by atoms with E-state index in [9.17, 15) is 0 Å². The highest BCUT2D eigenvalue weighted by Gasteiger charge is 2.66. The summed E-state index contributed by atoms with van der Waals surface area (Å²) in [4.78, 5) is 3.36. The highest BCUT2D eigenvalue weighted by Crippen LogP contribution is 2.71. The van der Waals surface area contributed by atoms with Crippen LogP contribution in [0, 0.1) is 28.4 Å². The fraction of sp³-hybridized carbons (Fsp3) is 0.562. The predicted octanol–water partition coefficient (Wildman–Crippen LogP) is 3.92. The van der Waals surface area contributed by atoms with Gasteiger partial charge in [-0.1, -0.05) is 0 Å². The van der Waals surface area contributed by atoms with Crippen molar-refractivity contribution in [2.24, 2.45) is 23.7 Å². The molecule has 2 bridgehead atoms. The summed E-state index contributed by atoms with van der Waals surface area (Å²) in [7, 11) is 1.70. The van der Waals surface area contributed by atoms with Gasteiger partial charge in [0.25, 0.3) is 0 Å². The first-order chi connectivity index (χ1) is 9.78. The molecule has 1 N–H and O–H groups in total. The van der Waals surface area contributed by atoms with Crippen LogP contribution < -0.4 is 4.74 Å². The Hall–Kier alpha value is -1.29. The number of hydrogen-bond donors (Lipinski definition) is 1. The van der Waals surface area contributed by atoms with E-state index in [1.165, 1.54) is 24.8 Å². The van der Waals surface area contributed by atoms with Crippen molar-refractivity contribution in [2.45, 2.75) is 25.3 Å². The van der Waals surface area contributed by atoms with E-state index < -0.39 is 0 Å². The molecule has 0 amide bonds. The lowest BCUT2D eigenvalue weighted by Crippen LogP contribution is -2.04. The Morgan fingerprint density at radius 1 is 1.25 bits per heavy atom. The zero-order valence-electron chi connectivity index (χ0n) is 11.5. The molecular weight excluding hydrogens is 268 g/mol. The number of nitrogens with one attached hydrogen (secondary N) is 1. The van der Waals surface area contributed by atoms with E-state index in [0.29, 0.717) is 6.04 Å². The summed E-state index contributed by atoms with van der Waals surface area (Å²) >= 11 is 5.59. The first-order valence-corrected chi connectivity index (χ1v) is 7.97. The summed E-state index contributed by atoms with van der Waals surface area (Å²) in [6, 6.07) is 6.90. The molecule has 104 valence electrons. The maximum absolute atomic E-state index is 5.59. The molecule has 0 saturated heterocycles. The van der Waals surface area contributed by atoms with Crippen LogP contribution in [-0.4, -0.2) is 16.7 Å². The van der Waals surface area contributed by atoms with Crippen LogP contribution in [0.3, 0.4) is 0 Å². The van der Waals surface area contributed by atoms with Gasteiger partial charge in [0.05, 0.1) is 18.1 Å². The fourth-order valence-electron chi connectivity index (χ4n) is 5.16. The zero-order chi connectivity index (χ0) is 13.4. The fourth-order valence-corrected chi connectivity index (χ4v) is 5.49. The third kappa shape index (κ3) is 1.28. The number of aromatic nitrogens is 2. The second kappa shape index (κ2) is 3.67. The minimum atomic E-state index is 0.663. The molecule has 3 aliphatic carbocycles. The number of ether oxygens (including phenoxy) is 1. The van der Waals surface area contributed by atoms with Crippen molar-refractivity contribution in [2.75, 3.05) is 7.11 Å². The second-order valence-electron chi connectivity index (χ2n) is 6.66. The zero-order valence-corrected chi connectivity index (χ0v) is 12.3. The summed E-state index contributed by atoms with van der Waals surface area (Å²) in [5.41, 5.74) is 2.35. The van der Waals surface area contributed by atoms with Crippen molar-refractivity contribution in [3.8, 4) is 5.75 Å². The minimum absolute atomic E-state index is 0.663. The van der Waals surface area contributed by atoms with Crippen LogP contribution in [0.4, 0.5) is 0 Å². The van der Waals surface area contributed by atoms with Crippen molar-refractivity contribution >= 4 is 23.3 Å². The van der Waals surface area contributed by atoms with Crippen LogP contribution in [0.1, 0.15) is 25.3 Å². The van der Waals surface area contributed by atoms with Crippen molar-refractivity contribution in [1.82, 2.24) is 9.55 Å². The number of aromatic amines is 1. The molecule has 4 atom stereocenters. The number of H-pyrrole nitrogens is 1. The molecule has 0 spiro atoms. The second-order valence-corrected chi connectivity index (χ2v) is 7.05. The molecule has 1 aromatic heterocycles. The van der Waals surface area contributed by atoms with E-state index in [2.05, 4.69) is 21.7 Å². The van der Waals surface area contributed by atoms with Crippen LogP contribution in [0.25, 0.3) is 11.0 Å². The van der Waals surface area contributed by atoms with Crippen LogP contribution >= 0.6 is 12.2 Å². The first-order valence-electron chi connectivity index (χ1n) is 7.56. The smallest absolute Gasteiger partial charge is 0.178 e. The van der Waals surface area contributed by atoms with Gasteiger partial charge in [-0.3, -0.25) is 0 Å². The van der Waals surface area contributed by atoms with Gasteiger partial charge in [-0.2, -0.15) is 0 Å². The molecule has 2 aromatic rings. The molecule has 4 heteroatoms. The van der Waals surface area contributed by atoms with Crippen molar-refractivity contribution < 1.29 is 4.74 Å². The quantitative estimate of drug-likeness (QED) is 0.848. The predicted molar refractivity (Wildman–Crippen MR) is 80.5 cm³/mol. The summed E-state index contributed by atoms with van der Waals surface area (Å²) in [6.45, 7) is 0. The molecule has 5 rings (SSSR count). The molecule has 3 saturated carbocycles. The lowest BCUT2D eigenvalue weighted by atomic mass is 10.0. The first kappa shape index (κ1) is 11.4. The number of imidazole rings is 1. The van der Waals surface area contributed by atoms with Gasteiger partial charge < -0.3 is 14.3 Å². The van der Waals surface area contributed by atoms with Crippen molar-refractivity contribution in [1.29, 1.82) is 0 Å². The SMILES string of the molecule is COc1ccc2c(c1)[nH]c(=S)n2C1C2C3CCC(C3)C21. The highest BCUT2D eigenvalue weighted by molar-refractivity contribution is 7.71. The van der Waals surface area contributed by atoms with Gasteiger partial charge in [-0.25, -0.2) is 0 Å². The Balaban J connectivity index is 1.63. The Labute approximate surface area is 122 Å². The van der Waals surface area contributed by atoms with Crippen LogP contribution in [0.5, 0.6) is 5.75 Å². The van der Waals surface area contributed by atoms with Crippen molar-refractivity contribution in [3.63, 3.8) is 0 Å². The van der Waals surface area contributed by atoms with Gasteiger partial charge >= 0.3 is 0 Å². The Morgan fingerprint density at radius 2 is 2.00 bits per heavy atom. The monoisotopic (exact) mass is 286 g/mol. The van der Waals surface area contributed by atoms with E-state index in [4.69, 9.17) is 17.0 Å².